The minimum atomic E-state index is -3.53. The molecule has 1 N–H and O–H groups in total. The summed E-state index contributed by atoms with van der Waals surface area (Å²) in [5.74, 6) is 0.590. The van der Waals surface area contributed by atoms with Crippen LogP contribution in [0.15, 0.2) is 45.9 Å². The van der Waals surface area contributed by atoms with Gasteiger partial charge in [-0.2, -0.15) is 0 Å². The van der Waals surface area contributed by atoms with Gasteiger partial charge in [0.25, 0.3) is 0 Å². The van der Waals surface area contributed by atoms with Crippen molar-refractivity contribution in [1.82, 2.24) is 4.72 Å². The van der Waals surface area contributed by atoms with Crippen LogP contribution in [-0.4, -0.2) is 8.42 Å². The van der Waals surface area contributed by atoms with Gasteiger partial charge in [-0.25, -0.2) is 13.1 Å². The van der Waals surface area contributed by atoms with Crippen LogP contribution < -0.4 is 4.72 Å². The highest BCUT2D eigenvalue weighted by Crippen LogP contribution is 2.19. The van der Waals surface area contributed by atoms with Gasteiger partial charge in [0.15, 0.2) is 0 Å². The highest BCUT2D eigenvalue weighted by molar-refractivity contribution is 7.89. The Kier molecular flexibility index (Phi) is 3.78. The van der Waals surface area contributed by atoms with Crippen molar-refractivity contribution < 1.29 is 12.8 Å². The highest BCUT2D eigenvalue weighted by atomic mass is 32.2. The first-order valence-electron chi connectivity index (χ1n) is 6.03. The Bertz CT molecular complexity index is 660. The molecule has 0 aliphatic heterocycles. The fourth-order valence-corrected chi connectivity index (χ4v) is 3.07. The molecule has 1 heterocycles. The number of rotatable bonds is 4. The molecule has 2 rings (SSSR count). The fraction of sp³-hybridized carbons (Fsp3) is 0.286. The number of nitrogens with one attached hydrogen (secondary N) is 1. The molecule has 0 amide bonds. The summed E-state index contributed by atoms with van der Waals surface area (Å²) in [6.45, 7) is 5.59. The van der Waals surface area contributed by atoms with Crippen LogP contribution in [-0.2, 0) is 10.0 Å². The van der Waals surface area contributed by atoms with E-state index in [4.69, 9.17) is 4.42 Å². The standard InChI is InChI=1S/C14H17NO3S/c1-10-6-7-13(9-11(10)2)19(16,17)15-12(3)14-5-4-8-18-14/h4-9,12,15H,1-3H3/t12-/m0/s1. The van der Waals surface area contributed by atoms with Crippen molar-refractivity contribution in [1.29, 1.82) is 0 Å². The van der Waals surface area contributed by atoms with Crippen LogP contribution in [0.4, 0.5) is 0 Å². The SMILES string of the molecule is Cc1ccc(S(=O)(=O)N[C@@H](C)c2ccco2)cc1C. The van der Waals surface area contributed by atoms with Gasteiger partial charge in [-0.15, -0.1) is 0 Å². The maximum absolute atomic E-state index is 12.2. The molecular formula is C14H17NO3S. The van der Waals surface area contributed by atoms with Gasteiger partial charge in [-0.3, -0.25) is 0 Å². The lowest BCUT2D eigenvalue weighted by Crippen LogP contribution is -2.26. The van der Waals surface area contributed by atoms with E-state index in [-0.39, 0.29) is 4.90 Å². The van der Waals surface area contributed by atoms with Crippen LogP contribution in [0.1, 0.15) is 29.9 Å². The Balaban J connectivity index is 2.25. The minimum absolute atomic E-state index is 0.272. The summed E-state index contributed by atoms with van der Waals surface area (Å²) >= 11 is 0. The van der Waals surface area contributed by atoms with E-state index in [0.29, 0.717) is 5.76 Å². The van der Waals surface area contributed by atoms with Gasteiger partial charge in [0, 0.05) is 0 Å². The molecule has 0 fully saturated rings. The van der Waals surface area contributed by atoms with Crippen molar-refractivity contribution in [3.05, 3.63) is 53.5 Å². The first-order valence-corrected chi connectivity index (χ1v) is 7.51. The van der Waals surface area contributed by atoms with Gasteiger partial charge >= 0.3 is 0 Å². The smallest absolute Gasteiger partial charge is 0.241 e. The molecule has 0 spiro atoms. The predicted octanol–water partition coefficient (Wildman–Crippen LogP) is 2.94. The second-order valence-electron chi connectivity index (χ2n) is 4.60. The fourth-order valence-electron chi connectivity index (χ4n) is 1.78. The van der Waals surface area contributed by atoms with Gasteiger partial charge in [0.2, 0.25) is 10.0 Å². The Morgan fingerprint density at radius 1 is 1.16 bits per heavy atom. The first kappa shape index (κ1) is 13.8. The zero-order valence-electron chi connectivity index (χ0n) is 11.2. The molecule has 0 aliphatic rings. The summed E-state index contributed by atoms with van der Waals surface area (Å²) in [5, 5.41) is 0. The predicted molar refractivity (Wildman–Crippen MR) is 73.4 cm³/mol. The molecule has 0 bridgehead atoms. The van der Waals surface area contributed by atoms with E-state index in [1.54, 1.807) is 37.3 Å². The van der Waals surface area contributed by atoms with E-state index in [0.717, 1.165) is 11.1 Å². The summed E-state index contributed by atoms with van der Waals surface area (Å²) in [5.41, 5.74) is 2.02. The lowest BCUT2D eigenvalue weighted by molar-refractivity contribution is 0.459. The molecule has 102 valence electrons. The van der Waals surface area contributed by atoms with Gasteiger partial charge < -0.3 is 4.42 Å². The zero-order chi connectivity index (χ0) is 14.0. The number of sulfonamides is 1. The maximum Gasteiger partial charge on any atom is 0.241 e. The van der Waals surface area contributed by atoms with Crippen molar-refractivity contribution in [3.63, 3.8) is 0 Å². The molecule has 1 aromatic heterocycles. The average Bonchev–Trinajstić information content (AvgIpc) is 2.85. The summed E-state index contributed by atoms with van der Waals surface area (Å²) in [7, 11) is -3.53. The van der Waals surface area contributed by atoms with E-state index in [2.05, 4.69) is 4.72 Å². The van der Waals surface area contributed by atoms with E-state index in [9.17, 15) is 8.42 Å². The van der Waals surface area contributed by atoms with Crippen LogP contribution in [0, 0.1) is 13.8 Å². The second-order valence-corrected chi connectivity index (χ2v) is 6.32. The summed E-state index contributed by atoms with van der Waals surface area (Å²) < 4.78 is 32.3. The normalized spacial score (nSPS) is 13.4. The number of hydrogen-bond acceptors (Lipinski definition) is 3. The molecule has 0 radical (unpaired) electrons. The molecule has 0 unspecified atom stereocenters. The lowest BCUT2D eigenvalue weighted by Gasteiger charge is -2.13. The lowest BCUT2D eigenvalue weighted by atomic mass is 10.1. The second kappa shape index (κ2) is 5.19. The van der Waals surface area contributed by atoms with E-state index in [1.165, 1.54) is 6.26 Å². The van der Waals surface area contributed by atoms with E-state index >= 15 is 0 Å². The molecule has 1 aromatic carbocycles. The summed E-state index contributed by atoms with van der Waals surface area (Å²) in [6.07, 6.45) is 1.52. The van der Waals surface area contributed by atoms with Crippen molar-refractivity contribution >= 4 is 10.0 Å². The summed E-state index contributed by atoms with van der Waals surface area (Å²) in [6, 6.07) is 8.17. The van der Waals surface area contributed by atoms with Crippen LogP contribution in [0.2, 0.25) is 0 Å². The number of hydrogen-bond donors (Lipinski definition) is 1. The molecule has 0 saturated carbocycles. The molecule has 0 aliphatic carbocycles. The van der Waals surface area contributed by atoms with E-state index in [1.807, 2.05) is 13.8 Å². The van der Waals surface area contributed by atoms with Crippen LogP contribution in [0.3, 0.4) is 0 Å². The Morgan fingerprint density at radius 2 is 1.89 bits per heavy atom. The number of aryl methyl sites for hydroxylation is 2. The molecule has 4 nitrogen and oxygen atoms in total. The molecule has 1 atom stereocenters. The van der Waals surface area contributed by atoms with Crippen LogP contribution in [0.5, 0.6) is 0 Å². The van der Waals surface area contributed by atoms with Crippen LogP contribution in [0.25, 0.3) is 0 Å². The molecule has 19 heavy (non-hydrogen) atoms. The van der Waals surface area contributed by atoms with Crippen molar-refractivity contribution in [3.8, 4) is 0 Å². The third-order valence-electron chi connectivity index (χ3n) is 3.09. The Labute approximate surface area is 113 Å². The van der Waals surface area contributed by atoms with Crippen molar-refractivity contribution in [2.24, 2.45) is 0 Å². The van der Waals surface area contributed by atoms with Gasteiger partial charge in [0.1, 0.15) is 5.76 Å². The third kappa shape index (κ3) is 3.05. The van der Waals surface area contributed by atoms with Crippen LogP contribution >= 0.6 is 0 Å². The largest absolute Gasteiger partial charge is 0.468 e. The highest BCUT2D eigenvalue weighted by Gasteiger charge is 2.20. The van der Waals surface area contributed by atoms with Gasteiger partial charge in [-0.05, 0) is 56.2 Å². The van der Waals surface area contributed by atoms with Crippen molar-refractivity contribution in [2.75, 3.05) is 0 Å². The van der Waals surface area contributed by atoms with E-state index < -0.39 is 16.1 Å². The molecular weight excluding hydrogens is 262 g/mol. The van der Waals surface area contributed by atoms with Gasteiger partial charge in [-0.1, -0.05) is 6.07 Å². The number of benzene rings is 1. The van der Waals surface area contributed by atoms with Gasteiger partial charge in [0.05, 0.1) is 17.2 Å². The first-order chi connectivity index (χ1) is 8.90. The Morgan fingerprint density at radius 3 is 2.47 bits per heavy atom. The molecule has 2 aromatic rings. The third-order valence-corrected chi connectivity index (χ3v) is 4.63. The summed E-state index contributed by atoms with van der Waals surface area (Å²) in [4.78, 5) is 0.272. The van der Waals surface area contributed by atoms with Crippen molar-refractivity contribution in [2.45, 2.75) is 31.7 Å². The topological polar surface area (TPSA) is 59.3 Å². The quantitative estimate of drug-likeness (QED) is 0.936. The Hall–Kier alpha value is -1.59. The minimum Gasteiger partial charge on any atom is -0.468 e. The number of furan rings is 1. The molecule has 0 saturated heterocycles. The average molecular weight is 279 g/mol. The zero-order valence-corrected chi connectivity index (χ0v) is 12.0. The monoisotopic (exact) mass is 279 g/mol. The maximum atomic E-state index is 12.2. The molecule has 5 heteroatoms.